The summed E-state index contributed by atoms with van der Waals surface area (Å²) in [5.41, 5.74) is 0.838. The van der Waals surface area contributed by atoms with Gasteiger partial charge in [0.15, 0.2) is 0 Å². The van der Waals surface area contributed by atoms with Gasteiger partial charge in [-0.15, -0.1) is 0 Å². The summed E-state index contributed by atoms with van der Waals surface area (Å²) < 4.78 is 0. The highest BCUT2D eigenvalue weighted by molar-refractivity contribution is 5.05. The molecule has 172 valence electrons. The Morgan fingerprint density at radius 3 is 0.931 bits per heavy atom. The van der Waals surface area contributed by atoms with Crippen molar-refractivity contribution in [1.29, 1.82) is 0 Å². The fourth-order valence-corrected chi connectivity index (χ4v) is 9.51. The van der Waals surface area contributed by atoms with Crippen LogP contribution in [-0.4, -0.2) is 0 Å². The maximum atomic E-state index is 2.72. The lowest BCUT2D eigenvalue weighted by molar-refractivity contribution is -0.147. The predicted octanol–water partition coefficient (Wildman–Crippen LogP) is 9.05. The molecule has 0 amide bonds. The molecule has 2 rings (SSSR count). The fourth-order valence-electron chi connectivity index (χ4n) is 9.51. The SMILES string of the molecule is CCC(C)(C1C(C)C(C)C(C)C(C)C1C)C1C(C)C(C)C(C(C)(C)C)C(C)C1C. The summed E-state index contributed by atoms with van der Waals surface area (Å²) in [7, 11) is 0. The topological polar surface area (TPSA) is 0 Å². The Balaban J connectivity index is 2.51. The van der Waals surface area contributed by atoms with E-state index < -0.39 is 0 Å². The lowest BCUT2D eigenvalue weighted by Crippen LogP contribution is -2.57. The Kier molecular flexibility index (Phi) is 7.41. The van der Waals surface area contributed by atoms with Crippen LogP contribution < -0.4 is 0 Å². The first-order valence-corrected chi connectivity index (χ1v) is 13.1. The molecule has 0 nitrogen and oxygen atoms in total. The molecule has 0 heterocycles. The van der Waals surface area contributed by atoms with Crippen molar-refractivity contribution in [3.8, 4) is 0 Å². The van der Waals surface area contributed by atoms with E-state index in [9.17, 15) is 0 Å². The van der Waals surface area contributed by atoms with Crippen molar-refractivity contribution in [3.63, 3.8) is 0 Å². The second kappa shape index (κ2) is 8.50. The van der Waals surface area contributed by atoms with Crippen molar-refractivity contribution >= 4 is 0 Å². The van der Waals surface area contributed by atoms with Crippen molar-refractivity contribution in [2.45, 2.75) is 103 Å². The molecule has 0 N–H and O–H groups in total. The molecule has 2 aliphatic carbocycles. The third-order valence-electron chi connectivity index (χ3n) is 11.7. The van der Waals surface area contributed by atoms with Crippen molar-refractivity contribution < 1.29 is 0 Å². The maximum absolute atomic E-state index is 2.72. The molecule has 0 saturated heterocycles. The summed E-state index contributed by atoms with van der Waals surface area (Å²) in [6, 6.07) is 0. The van der Waals surface area contributed by atoms with Crippen LogP contribution in [0.2, 0.25) is 0 Å². The first kappa shape index (κ1) is 25.3. The van der Waals surface area contributed by atoms with Gasteiger partial charge in [-0.2, -0.15) is 0 Å². The minimum Gasteiger partial charge on any atom is -0.0648 e. The molecule has 9 atom stereocenters. The molecule has 29 heavy (non-hydrogen) atoms. The van der Waals surface area contributed by atoms with Crippen LogP contribution in [0.4, 0.5) is 0 Å². The average Bonchev–Trinajstić information content (AvgIpc) is 2.62. The molecule has 0 aromatic rings. The van der Waals surface area contributed by atoms with E-state index in [-0.39, 0.29) is 0 Å². The highest BCUT2D eigenvalue weighted by Gasteiger charge is 2.57. The molecule has 0 radical (unpaired) electrons. The standard InChI is InChI=1S/C29H56/c1-15-29(14,26-19(5)17(3)16(2)18(4)20(26)6)27-23(9)21(7)25(28(11,12)13)22(8)24(27)10/h16-27H,15H2,1-14H3. The van der Waals surface area contributed by atoms with Gasteiger partial charge >= 0.3 is 0 Å². The van der Waals surface area contributed by atoms with Crippen LogP contribution in [0, 0.1) is 81.8 Å². The summed E-state index contributed by atoms with van der Waals surface area (Å²) in [6.07, 6.45) is 1.33. The highest BCUT2D eigenvalue weighted by Crippen LogP contribution is 2.63. The summed E-state index contributed by atoms with van der Waals surface area (Å²) >= 11 is 0. The normalized spacial score (nSPS) is 51.5. The van der Waals surface area contributed by atoms with E-state index in [1.54, 1.807) is 0 Å². The Morgan fingerprint density at radius 1 is 0.414 bits per heavy atom. The Bertz CT molecular complexity index is 509. The molecule has 0 aromatic carbocycles. The van der Waals surface area contributed by atoms with Gasteiger partial charge in [0.25, 0.3) is 0 Å². The van der Waals surface area contributed by atoms with Gasteiger partial charge in [0.2, 0.25) is 0 Å². The van der Waals surface area contributed by atoms with Gasteiger partial charge < -0.3 is 0 Å². The summed E-state index contributed by atoms with van der Waals surface area (Å²) in [4.78, 5) is 0. The Morgan fingerprint density at radius 2 is 0.655 bits per heavy atom. The molecule has 2 aliphatic rings. The fraction of sp³-hybridized carbons (Fsp3) is 1.00. The van der Waals surface area contributed by atoms with Gasteiger partial charge in [0.05, 0.1) is 0 Å². The second-order valence-electron chi connectivity index (χ2n) is 13.5. The minimum atomic E-state index is 0.402. The van der Waals surface area contributed by atoms with Crippen LogP contribution in [0.5, 0.6) is 0 Å². The van der Waals surface area contributed by atoms with Gasteiger partial charge in [-0.1, -0.05) is 103 Å². The molecule has 0 aliphatic heterocycles. The second-order valence-corrected chi connectivity index (χ2v) is 13.5. The molecule has 0 bridgehead atoms. The van der Waals surface area contributed by atoms with E-state index in [0.717, 1.165) is 71.0 Å². The monoisotopic (exact) mass is 404 g/mol. The predicted molar refractivity (Wildman–Crippen MR) is 131 cm³/mol. The Labute approximate surface area is 185 Å². The van der Waals surface area contributed by atoms with E-state index in [0.29, 0.717) is 10.8 Å². The van der Waals surface area contributed by atoms with Crippen LogP contribution in [0.1, 0.15) is 103 Å². The smallest absolute Gasteiger partial charge is 0.0261 e. The summed E-state index contributed by atoms with van der Waals surface area (Å²) in [6.45, 7) is 35.9. The van der Waals surface area contributed by atoms with Gasteiger partial charge in [-0.25, -0.2) is 0 Å². The molecular formula is C29H56. The van der Waals surface area contributed by atoms with Crippen LogP contribution in [-0.2, 0) is 0 Å². The van der Waals surface area contributed by atoms with Crippen LogP contribution in [0.3, 0.4) is 0 Å². The lowest BCUT2D eigenvalue weighted by atomic mass is 9.42. The van der Waals surface area contributed by atoms with E-state index in [4.69, 9.17) is 0 Å². The van der Waals surface area contributed by atoms with Crippen molar-refractivity contribution in [1.82, 2.24) is 0 Å². The van der Waals surface area contributed by atoms with Crippen LogP contribution in [0.25, 0.3) is 0 Å². The minimum absolute atomic E-state index is 0.402. The zero-order chi connectivity index (χ0) is 22.6. The molecule has 0 aromatic heterocycles. The largest absolute Gasteiger partial charge is 0.0648 e. The number of rotatable bonds is 3. The van der Waals surface area contributed by atoms with E-state index in [2.05, 4.69) is 96.9 Å². The highest BCUT2D eigenvalue weighted by atomic mass is 14.6. The molecular weight excluding hydrogens is 348 g/mol. The van der Waals surface area contributed by atoms with E-state index in [1.165, 1.54) is 6.42 Å². The van der Waals surface area contributed by atoms with Crippen LogP contribution >= 0.6 is 0 Å². The zero-order valence-corrected chi connectivity index (χ0v) is 22.6. The Hall–Kier alpha value is 0. The average molecular weight is 405 g/mol. The van der Waals surface area contributed by atoms with Gasteiger partial charge in [0.1, 0.15) is 0 Å². The maximum Gasteiger partial charge on any atom is -0.0261 e. The van der Waals surface area contributed by atoms with Crippen LogP contribution in [0.15, 0.2) is 0 Å². The van der Waals surface area contributed by atoms with E-state index >= 15 is 0 Å². The molecule has 9 unspecified atom stereocenters. The van der Waals surface area contributed by atoms with Gasteiger partial charge in [-0.3, -0.25) is 0 Å². The first-order valence-electron chi connectivity index (χ1n) is 13.1. The molecule has 2 saturated carbocycles. The van der Waals surface area contributed by atoms with Crippen molar-refractivity contribution in [3.05, 3.63) is 0 Å². The molecule has 0 spiro atoms. The third kappa shape index (κ3) is 3.98. The quantitative estimate of drug-likeness (QED) is 0.440. The van der Waals surface area contributed by atoms with Gasteiger partial charge in [-0.05, 0) is 81.8 Å². The summed E-state index contributed by atoms with van der Waals surface area (Å²) in [5.74, 6) is 9.89. The molecule has 2 fully saturated rings. The van der Waals surface area contributed by atoms with Crippen molar-refractivity contribution in [2.75, 3.05) is 0 Å². The molecule has 0 heteroatoms. The summed E-state index contributed by atoms with van der Waals surface area (Å²) in [5, 5.41) is 0. The number of hydrogen-bond acceptors (Lipinski definition) is 0. The van der Waals surface area contributed by atoms with Crippen molar-refractivity contribution in [2.24, 2.45) is 81.8 Å². The third-order valence-corrected chi connectivity index (χ3v) is 11.7. The zero-order valence-electron chi connectivity index (χ0n) is 22.6. The van der Waals surface area contributed by atoms with E-state index in [1.807, 2.05) is 0 Å². The lowest BCUT2D eigenvalue weighted by Gasteiger charge is -2.63. The number of hydrogen-bond donors (Lipinski definition) is 0. The first-order chi connectivity index (χ1) is 13.1. The van der Waals surface area contributed by atoms with Gasteiger partial charge in [0, 0.05) is 0 Å².